The third-order valence-corrected chi connectivity index (χ3v) is 5.28. The van der Waals surface area contributed by atoms with E-state index >= 15 is 0 Å². The number of hydrogen-bond acceptors (Lipinski definition) is 2. The Kier molecular flexibility index (Phi) is 4.37. The van der Waals surface area contributed by atoms with E-state index in [9.17, 15) is 14.0 Å². The maximum Gasteiger partial charge on any atom is 0.232 e. The molecule has 3 nitrogen and oxygen atoms in total. The van der Waals surface area contributed by atoms with Gasteiger partial charge in [-0.1, -0.05) is 23.7 Å². The zero-order valence-electron chi connectivity index (χ0n) is 14.0. The highest BCUT2D eigenvalue weighted by Crippen LogP contribution is 2.43. The average molecular weight is 370 g/mol. The van der Waals surface area contributed by atoms with E-state index in [1.54, 1.807) is 29.2 Å². The van der Waals surface area contributed by atoms with Crippen LogP contribution in [0, 0.1) is 5.82 Å². The highest BCUT2D eigenvalue weighted by atomic mass is 35.5. The van der Waals surface area contributed by atoms with Gasteiger partial charge in [-0.2, -0.15) is 0 Å². The van der Waals surface area contributed by atoms with E-state index in [1.807, 2.05) is 12.1 Å². The molecule has 2 aromatic rings. The van der Waals surface area contributed by atoms with E-state index in [-0.39, 0.29) is 29.8 Å². The van der Waals surface area contributed by atoms with Gasteiger partial charge in [0.25, 0.3) is 0 Å². The number of halogens is 2. The Labute approximate surface area is 156 Å². The Morgan fingerprint density at radius 3 is 2.35 bits per heavy atom. The number of carbonyl (C=O) groups excluding carboxylic acids is 2. The number of amides is 1. The summed E-state index contributed by atoms with van der Waals surface area (Å²) >= 11 is 5.98. The van der Waals surface area contributed by atoms with Crippen LogP contribution in [0.1, 0.15) is 37.2 Å². The van der Waals surface area contributed by atoms with Crippen LogP contribution in [0.2, 0.25) is 5.02 Å². The first-order valence-corrected chi connectivity index (χ1v) is 9.02. The number of nitrogens with zero attached hydrogens (tertiary/aromatic N) is 1. The fourth-order valence-corrected chi connectivity index (χ4v) is 3.99. The summed E-state index contributed by atoms with van der Waals surface area (Å²) in [6.45, 7) is 0. The minimum absolute atomic E-state index is 0.0787. The van der Waals surface area contributed by atoms with Gasteiger partial charge < -0.3 is 0 Å². The molecule has 0 saturated heterocycles. The third kappa shape index (κ3) is 2.95. The second kappa shape index (κ2) is 6.69. The average Bonchev–Trinajstić information content (AvgIpc) is 2.63. The molecule has 0 aromatic heterocycles. The molecule has 26 heavy (non-hydrogen) atoms. The summed E-state index contributed by atoms with van der Waals surface area (Å²) in [6.07, 6.45) is 2.09. The molecule has 2 aromatic carbocycles. The van der Waals surface area contributed by atoms with E-state index in [1.165, 1.54) is 12.1 Å². The lowest BCUT2D eigenvalue weighted by Gasteiger charge is -2.38. The molecule has 0 fully saturated rings. The number of hydrogen-bond donors (Lipinski definition) is 0. The quantitative estimate of drug-likeness (QED) is 0.746. The van der Waals surface area contributed by atoms with Gasteiger partial charge in [0.1, 0.15) is 5.82 Å². The number of ketones is 1. The lowest BCUT2D eigenvalue weighted by atomic mass is 9.77. The van der Waals surface area contributed by atoms with E-state index < -0.39 is 0 Å². The molecule has 4 rings (SSSR count). The molecule has 1 heterocycles. The van der Waals surface area contributed by atoms with E-state index in [4.69, 9.17) is 11.6 Å². The smallest absolute Gasteiger partial charge is 0.232 e. The summed E-state index contributed by atoms with van der Waals surface area (Å²) < 4.78 is 13.3. The molecule has 132 valence electrons. The maximum absolute atomic E-state index is 13.3. The van der Waals surface area contributed by atoms with Crippen LogP contribution in [0.15, 0.2) is 59.8 Å². The number of rotatable bonds is 2. The lowest BCUT2D eigenvalue weighted by Crippen LogP contribution is -2.40. The zero-order valence-corrected chi connectivity index (χ0v) is 14.8. The Bertz CT molecular complexity index is 903. The van der Waals surface area contributed by atoms with Crippen LogP contribution < -0.4 is 4.90 Å². The van der Waals surface area contributed by atoms with Crippen LogP contribution in [0.4, 0.5) is 10.1 Å². The maximum atomic E-state index is 13.3. The van der Waals surface area contributed by atoms with Crippen LogP contribution in [-0.2, 0) is 9.59 Å². The van der Waals surface area contributed by atoms with Crippen molar-refractivity contribution in [2.24, 2.45) is 0 Å². The predicted molar refractivity (Wildman–Crippen MR) is 98.6 cm³/mol. The zero-order chi connectivity index (χ0) is 18.3. The summed E-state index contributed by atoms with van der Waals surface area (Å²) in [4.78, 5) is 27.3. The number of carbonyl (C=O) groups is 2. The fourth-order valence-electron chi connectivity index (χ4n) is 3.86. The summed E-state index contributed by atoms with van der Waals surface area (Å²) in [5, 5.41) is 0.619. The van der Waals surface area contributed by atoms with Gasteiger partial charge in [-0.05, 0) is 54.8 Å². The van der Waals surface area contributed by atoms with Crippen molar-refractivity contribution >= 4 is 29.0 Å². The van der Waals surface area contributed by atoms with Crippen LogP contribution in [0.25, 0.3) is 0 Å². The Hall–Kier alpha value is -2.46. The lowest BCUT2D eigenvalue weighted by molar-refractivity contribution is -0.119. The van der Waals surface area contributed by atoms with Gasteiger partial charge in [0.05, 0.1) is 0 Å². The first-order chi connectivity index (χ1) is 12.5. The van der Waals surface area contributed by atoms with E-state index in [0.717, 1.165) is 17.7 Å². The summed E-state index contributed by atoms with van der Waals surface area (Å²) in [7, 11) is 0. The Morgan fingerprint density at radius 1 is 0.962 bits per heavy atom. The van der Waals surface area contributed by atoms with Gasteiger partial charge in [-0.15, -0.1) is 0 Å². The van der Waals surface area contributed by atoms with Crippen LogP contribution in [-0.4, -0.2) is 11.7 Å². The molecule has 1 amide bonds. The molecular weight excluding hydrogens is 353 g/mol. The second-order valence-corrected chi connectivity index (χ2v) is 7.09. The monoisotopic (exact) mass is 369 g/mol. The van der Waals surface area contributed by atoms with Gasteiger partial charge in [-0.25, -0.2) is 4.39 Å². The van der Waals surface area contributed by atoms with Crippen LogP contribution in [0.3, 0.4) is 0 Å². The molecule has 0 spiro atoms. The van der Waals surface area contributed by atoms with Crippen LogP contribution >= 0.6 is 11.6 Å². The number of Topliss-reactive ketones (excluding diaryl/α,β-unsaturated/α-hetero) is 1. The van der Waals surface area contributed by atoms with Gasteiger partial charge in [-0.3, -0.25) is 14.5 Å². The molecule has 1 aliphatic carbocycles. The van der Waals surface area contributed by atoms with Crippen molar-refractivity contribution < 1.29 is 14.0 Å². The molecule has 0 N–H and O–H groups in total. The van der Waals surface area contributed by atoms with Gasteiger partial charge in [0.2, 0.25) is 5.91 Å². The molecule has 1 atom stereocenters. The number of benzene rings is 2. The SMILES string of the molecule is O=C1CCCC2=C1C(c1ccc(Cl)cc1)CC(=O)N2c1ccc(F)cc1. The normalized spacial score (nSPS) is 20.4. The van der Waals surface area contributed by atoms with Gasteiger partial charge >= 0.3 is 0 Å². The molecule has 0 saturated carbocycles. The Balaban J connectivity index is 1.84. The number of allylic oxidation sites excluding steroid dienone is 2. The fraction of sp³-hybridized carbons (Fsp3) is 0.238. The molecule has 0 radical (unpaired) electrons. The minimum Gasteiger partial charge on any atom is -0.294 e. The molecule has 5 heteroatoms. The van der Waals surface area contributed by atoms with Crippen molar-refractivity contribution in [2.75, 3.05) is 4.90 Å². The highest BCUT2D eigenvalue weighted by molar-refractivity contribution is 6.30. The standard InChI is InChI=1S/C21H17ClFNO2/c22-14-6-4-13(5-7-14)17-12-20(26)24(16-10-8-15(23)9-11-16)18-2-1-3-19(25)21(17)18/h4-11,17H,1-3,12H2. The van der Waals surface area contributed by atoms with Crippen molar-refractivity contribution in [3.05, 3.63) is 76.2 Å². The summed E-state index contributed by atoms with van der Waals surface area (Å²) in [5.41, 5.74) is 2.99. The highest BCUT2D eigenvalue weighted by Gasteiger charge is 2.39. The largest absolute Gasteiger partial charge is 0.294 e. The molecule has 1 aliphatic heterocycles. The van der Waals surface area contributed by atoms with E-state index in [2.05, 4.69) is 0 Å². The van der Waals surface area contributed by atoms with Crippen molar-refractivity contribution in [1.29, 1.82) is 0 Å². The predicted octanol–water partition coefficient (Wildman–Crippen LogP) is 5.01. The first kappa shape index (κ1) is 17.0. The topological polar surface area (TPSA) is 37.4 Å². The van der Waals surface area contributed by atoms with Crippen LogP contribution in [0.5, 0.6) is 0 Å². The van der Waals surface area contributed by atoms with Crippen molar-refractivity contribution in [3.8, 4) is 0 Å². The van der Waals surface area contributed by atoms with Crippen molar-refractivity contribution in [1.82, 2.24) is 0 Å². The molecular formula is C21H17ClFNO2. The summed E-state index contributed by atoms with van der Waals surface area (Å²) in [5.74, 6) is -0.596. The van der Waals surface area contributed by atoms with Crippen molar-refractivity contribution in [3.63, 3.8) is 0 Å². The van der Waals surface area contributed by atoms with Gasteiger partial charge in [0.15, 0.2) is 5.78 Å². The number of anilines is 1. The third-order valence-electron chi connectivity index (χ3n) is 5.03. The first-order valence-electron chi connectivity index (χ1n) is 8.65. The Morgan fingerprint density at radius 2 is 1.65 bits per heavy atom. The summed E-state index contributed by atoms with van der Waals surface area (Å²) in [6, 6.07) is 13.1. The van der Waals surface area contributed by atoms with Gasteiger partial charge in [0, 0.05) is 40.7 Å². The molecule has 2 aliphatic rings. The molecule has 1 unspecified atom stereocenters. The van der Waals surface area contributed by atoms with E-state index in [0.29, 0.717) is 29.1 Å². The second-order valence-electron chi connectivity index (χ2n) is 6.65. The van der Waals surface area contributed by atoms with Crippen molar-refractivity contribution in [2.45, 2.75) is 31.6 Å². The minimum atomic E-state index is -0.355. The molecule has 0 bridgehead atoms.